The van der Waals surface area contributed by atoms with Gasteiger partial charge in [-0.25, -0.2) is 0 Å². The third-order valence-electron chi connectivity index (χ3n) is 2.82. The van der Waals surface area contributed by atoms with Crippen LogP contribution in [0.5, 0.6) is 0 Å². The van der Waals surface area contributed by atoms with E-state index in [1.165, 1.54) is 36.8 Å². The van der Waals surface area contributed by atoms with Crippen molar-refractivity contribution in [1.29, 1.82) is 0 Å². The Morgan fingerprint density at radius 1 is 0.938 bits per heavy atom. The Hall–Kier alpha value is -0.780. The average Bonchev–Trinajstić information content (AvgIpc) is 2.73. The SMILES string of the molecule is CC.CC1CCCC1.Cc1cccc(C)c1. The molecule has 0 atom stereocenters. The van der Waals surface area contributed by atoms with Crippen LogP contribution >= 0.6 is 0 Å². The van der Waals surface area contributed by atoms with Gasteiger partial charge in [0, 0.05) is 0 Å². The second-order valence-electron chi connectivity index (χ2n) is 4.55. The molecule has 1 saturated carbocycles. The molecular weight excluding hydrogens is 192 g/mol. The number of rotatable bonds is 0. The van der Waals surface area contributed by atoms with Crippen molar-refractivity contribution in [1.82, 2.24) is 0 Å². The molecule has 0 unspecified atom stereocenters. The summed E-state index contributed by atoms with van der Waals surface area (Å²) in [7, 11) is 0. The highest BCUT2D eigenvalue weighted by molar-refractivity contribution is 5.20. The van der Waals surface area contributed by atoms with Gasteiger partial charge >= 0.3 is 0 Å². The van der Waals surface area contributed by atoms with E-state index in [1.807, 2.05) is 13.8 Å². The standard InChI is InChI=1S/C8H10.C6H12.C2H6/c1-7-4-3-5-8(2)6-7;1-6-4-2-3-5-6;1-2/h3-6H,1-2H3;6H,2-5H2,1H3;1-2H3. The van der Waals surface area contributed by atoms with Crippen LogP contribution < -0.4 is 0 Å². The molecule has 0 aliphatic heterocycles. The zero-order valence-corrected chi connectivity index (χ0v) is 11.7. The first kappa shape index (κ1) is 15.2. The predicted molar refractivity (Wildman–Crippen MR) is 74.9 cm³/mol. The van der Waals surface area contributed by atoms with Gasteiger partial charge in [-0.3, -0.25) is 0 Å². The van der Waals surface area contributed by atoms with Crippen LogP contribution in [0.4, 0.5) is 0 Å². The van der Waals surface area contributed by atoms with Crippen LogP contribution in [-0.4, -0.2) is 0 Å². The van der Waals surface area contributed by atoms with E-state index in [2.05, 4.69) is 45.0 Å². The Bertz CT molecular complexity index is 239. The first-order chi connectivity index (χ1) is 7.68. The van der Waals surface area contributed by atoms with Crippen LogP contribution in [-0.2, 0) is 0 Å². The largest absolute Gasteiger partial charge is 0.0683 e. The lowest BCUT2D eigenvalue weighted by molar-refractivity contribution is 0.612. The van der Waals surface area contributed by atoms with E-state index in [9.17, 15) is 0 Å². The number of benzene rings is 1. The highest BCUT2D eigenvalue weighted by Gasteiger charge is 2.07. The van der Waals surface area contributed by atoms with E-state index in [-0.39, 0.29) is 0 Å². The van der Waals surface area contributed by atoms with Crippen LogP contribution in [0.1, 0.15) is 57.6 Å². The number of aryl methyl sites for hydroxylation is 2. The van der Waals surface area contributed by atoms with Gasteiger partial charge in [-0.15, -0.1) is 0 Å². The molecule has 0 nitrogen and oxygen atoms in total. The van der Waals surface area contributed by atoms with Crippen LogP contribution in [0.2, 0.25) is 0 Å². The van der Waals surface area contributed by atoms with Crippen molar-refractivity contribution in [2.45, 2.75) is 60.3 Å². The van der Waals surface area contributed by atoms with Gasteiger partial charge < -0.3 is 0 Å². The molecule has 0 saturated heterocycles. The van der Waals surface area contributed by atoms with E-state index >= 15 is 0 Å². The Kier molecular flexibility index (Phi) is 8.99. The molecule has 0 heteroatoms. The minimum absolute atomic E-state index is 1.05. The van der Waals surface area contributed by atoms with Crippen LogP contribution in [0, 0.1) is 19.8 Å². The zero-order chi connectivity index (χ0) is 12.4. The molecule has 1 aromatic rings. The molecule has 1 aliphatic rings. The van der Waals surface area contributed by atoms with Gasteiger partial charge in [0.05, 0.1) is 0 Å². The fraction of sp³-hybridized carbons (Fsp3) is 0.625. The molecule has 0 bridgehead atoms. The Balaban J connectivity index is 0.000000251. The minimum Gasteiger partial charge on any atom is -0.0683 e. The lowest BCUT2D eigenvalue weighted by Crippen LogP contribution is -1.78. The highest BCUT2D eigenvalue weighted by Crippen LogP contribution is 2.22. The van der Waals surface area contributed by atoms with Gasteiger partial charge in [0.1, 0.15) is 0 Å². The summed E-state index contributed by atoms with van der Waals surface area (Å²) in [6, 6.07) is 8.45. The fourth-order valence-electron chi connectivity index (χ4n) is 1.94. The molecule has 1 fully saturated rings. The summed E-state index contributed by atoms with van der Waals surface area (Å²) in [5.74, 6) is 1.05. The molecule has 16 heavy (non-hydrogen) atoms. The molecule has 0 radical (unpaired) electrons. The zero-order valence-electron chi connectivity index (χ0n) is 11.7. The molecule has 2 rings (SSSR count). The Morgan fingerprint density at radius 3 is 1.56 bits per heavy atom. The van der Waals surface area contributed by atoms with Gasteiger partial charge in [0.15, 0.2) is 0 Å². The lowest BCUT2D eigenvalue weighted by Gasteiger charge is -1.91. The third-order valence-corrected chi connectivity index (χ3v) is 2.82. The van der Waals surface area contributed by atoms with Crippen molar-refractivity contribution in [3.05, 3.63) is 35.4 Å². The first-order valence-electron chi connectivity index (χ1n) is 6.72. The Labute approximate surface area is 102 Å². The summed E-state index contributed by atoms with van der Waals surface area (Å²) in [5.41, 5.74) is 2.68. The van der Waals surface area contributed by atoms with Gasteiger partial charge in [0.25, 0.3) is 0 Å². The van der Waals surface area contributed by atoms with E-state index in [0.717, 1.165) is 5.92 Å². The molecule has 0 amide bonds. The third kappa shape index (κ3) is 7.50. The van der Waals surface area contributed by atoms with Crippen LogP contribution in [0.15, 0.2) is 24.3 Å². The van der Waals surface area contributed by atoms with Gasteiger partial charge in [-0.1, -0.05) is 81.8 Å². The molecule has 0 spiro atoms. The molecule has 1 aromatic carbocycles. The molecule has 0 heterocycles. The summed E-state index contributed by atoms with van der Waals surface area (Å²) >= 11 is 0. The maximum atomic E-state index is 2.34. The van der Waals surface area contributed by atoms with Crippen molar-refractivity contribution in [2.24, 2.45) is 5.92 Å². The predicted octanol–water partition coefficient (Wildman–Crippen LogP) is 5.53. The summed E-state index contributed by atoms with van der Waals surface area (Å²) in [6.07, 6.45) is 5.95. The number of hydrogen-bond donors (Lipinski definition) is 0. The summed E-state index contributed by atoms with van der Waals surface area (Å²) in [5, 5.41) is 0. The quantitative estimate of drug-likeness (QED) is 0.539. The smallest absolute Gasteiger partial charge is 0.0398 e. The van der Waals surface area contributed by atoms with Crippen molar-refractivity contribution in [2.75, 3.05) is 0 Å². The van der Waals surface area contributed by atoms with E-state index in [1.54, 1.807) is 0 Å². The normalized spacial score (nSPS) is 14.6. The number of hydrogen-bond acceptors (Lipinski definition) is 0. The molecule has 0 N–H and O–H groups in total. The van der Waals surface area contributed by atoms with Crippen molar-refractivity contribution in [3.63, 3.8) is 0 Å². The van der Waals surface area contributed by atoms with E-state index < -0.39 is 0 Å². The minimum atomic E-state index is 1.05. The van der Waals surface area contributed by atoms with Crippen molar-refractivity contribution in [3.8, 4) is 0 Å². The fourth-order valence-corrected chi connectivity index (χ4v) is 1.94. The second-order valence-corrected chi connectivity index (χ2v) is 4.55. The van der Waals surface area contributed by atoms with E-state index in [0.29, 0.717) is 0 Å². The van der Waals surface area contributed by atoms with E-state index in [4.69, 9.17) is 0 Å². The van der Waals surface area contributed by atoms with Crippen molar-refractivity contribution < 1.29 is 0 Å². The topological polar surface area (TPSA) is 0 Å². The van der Waals surface area contributed by atoms with Gasteiger partial charge in [-0.2, -0.15) is 0 Å². The van der Waals surface area contributed by atoms with Crippen LogP contribution in [0.3, 0.4) is 0 Å². The monoisotopic (exact) mass is 220 g/mol. The van der Waals surface area contributed by atoms with Gasteiger partial charge in [-0.05, 0) is 19.8 Å². The summed E-state index contributed by atoms with van der Waals surface area (Å²) < 4.78 is 0. The molecule has 1 aliphatic carbocycles. The van der Waals surface area contributed by atoms with Crippen molar-refractivity contribution >= 4 is 0 Å². The maximum Gasteiger partial charge on any atom is -0.0398 e. The van der Waals surface area contributed by atoms with Crippen LogP contribution in [0.25, 0.3) is 0 Å². The molecule has 92 valence electrons. The molecular formula is C16H28. The molecule has 0 aromatic heterocycles. The second kappa shape index (κ2) is 9.45. The van der Waals surface area contributed by atoms with Gasteiger partial charge in [0.2, 0.25) is 0 Å². The highest BCUT2D eigenvalue weighted by atomic mass is 14.1. The lowest BCUT2D eigenvalue weighted by atomic mass is 10.2. The Morgan fingerprint density at radius 2 is 1.38 bits per heavy atom. The average molecular weight is 220 g/mol. The summed E-state index contributed by atoms with van der Waals surface area (Å²) in [4.78, 5) is 0. The first-order valence-corrected chi connectivity index (χ1v) is 6.72. The maximum absolute atomic E-state index is 2.34. The summed E-state index contributed by atoms with van der Waals surface area (Å²) in [6.45, 7) is 10.5.